The Morgan fingerprint density at radius 1 is 0.762 bits per heavy atom. The topological polar surface area (TPSA) is 37.3 Å². The molecular weight excluding hydrogens is 260 g/mol. The Morgan fingerprint density at radius 3 is 1.43 bits per heavy atom. The van der Waals surface area contributed by atoms with Gasteiger partial charge >= 0.3 is 5.97 Å². The number of carbonyl (C=O) groups is 1. The molecule has 0 spiro atoms. The van der Waals surface area contributed by atoms with Crippen molar-refractivity contribution in [1.82, 2.24) is 0 Å². The van der Waals surface area contributed by atoms with Gasteiger partial charge in [0.05, 0.1) is 0 Å². The predicted molar refractivity (Wildman–Crippen MR) is 89.5 cm³/mol. The monoisotopic (exact) mass is 294 g/mol. The second-order valence-electron chi connectivity index (χ2n) is 6.73. The molecule has 122 valence electrons. The van der Waals surface area contributed by atoms with E-state index in [0.29, 0.717) is 11.5 Å². The van der Waals surface area contributed by atoms with Gasteiger partial charge in [0.2, 0.25) is 0 Å². The summed E-state index contributed by atoms with van der Waals surface area (Å²) in [6, 6.07) is 0. The first-order chi connectivity index (χ1) is 10.2. The molecular formula is C19H34O2. The molecule has 0 saturated heterocycles. The van der Waals surface area contributed by atoms with Crippen molar-refractivity contribution in [3.8, 4) is 0 Å². The Bertz CT molecular complexity index is 291. The maximum Gasteiger partial charge on any atom is 0.330 e. The van der Waals surface area contributed by atoms with E-state index in [1.807, 2.05) is 6.08 Å². The van der Waals surface area contributed by atoms with Crippen molar-refractivity contribution in [2.45, 2.75) is 96.8 Å². The van der Waals surface area contributed by atoms with Crippen LogP contribution in [-0.2, 0) is 4.79 Å². The lowest BCUT2D eigenvalue weighted by Crippen LogP contribution is -2.03. The van der Waals surface area contributed by atoms with E-state index in [1.165, 1.54) is 89.9 Å². The maximum absolute atomic E-state index is 11.0. The average Bonchev–Trinajstić information content (AvgIpc) is 2.47. The minimum Gasteiger partial charge on any atom is -0.478 e. The smallest absolute Gasteiger partial charge is 0.330 e. The fourth-order valence-electron chi connectivity index (χ4n) is 3.32. The average molecular weight is 294 g/mol. The van der Waals surface area contributed by atoms with E-state index in [1.54, 1.807) is 6.92 Å². The lowest BCUT2D eigenvalue weighted by Gasteiger charge is -2.13. The number of rotatable bonds is 2. The highest BCUT2D eigenvalue weighted by Gasteiger charge is 2.09. The molecule has 0 aromatic carbocycles. The van der Waals surface area contributed by atoms with Gasteiger partial charge in [-0.05, 0) is 25.7 Å². The Labute approximate surface area is 131 Å². The molecule has 0 heterocycles. The van der Waals surface area contributed by atoms with Crippen molar-refractivity contribution in [3.05, 3.63) is 11.6 Å². The normalized spacial score (nSPS) is 22.2. The van der Waals surface area contributed by atoms with Crippen molar-refractivity contribution in [2.24, 2.45) is 5.92 Å². The molecule has 0 amide bonds. The van der Waals surface area contributed by atoms with Crippen LogP contribution in [0.25, 0.3) is 0 Å². The number of hydrogen-bond donors (Lipinski definition) is 1. The van der Waals surface area contributed by atoms with Gasteiger partial charge in [0, 0.05) is 5.57 Å². The summed E-state index contributed by atoms with van der Waals surface area (Å²) in [5.41, 5.74) is 0.526. The van der Waals surface area contributed by atoms with Crippen LogP contribution >= 0.6 is 0 Å². The van der Waals surface area contributed by atoms with Gasteiger partial charge in [-0.25, -0.2) is 4.79 Å². The molecule has 0 bridgehead atoms. The minimum absolute atomic E-state index is 0.478. The SMILES string of the molecule is CC(=CC1CCCCCCCCCCCCCC1)C(=O)O. The van der Waals surface area contributed by atoms with E-state index in [2.05, 4.69) is 0 Å². The maximum atomic E-state index is 11.0. The summed E-state index contributed by atoms with van der Waals surface area (Å²) in [7, 11) is 0. The van der Waals surface area contributed by atoms with Crippen molar-refractivity contribution >= 4 is 5.97 Å². The van der Waals surface area contributed by atoms with E-state index >= 15 is 0 Å². The number of carboxylic acid groups (broad SMARTS) is 1. The van der Waals surface area contributed by atoms with E-state index in [0.717, 1.165) is 0 Å². The Kier molecular flexibility index (Phi) is 10.3. The molecule has 0 aromatic rings. The van der Waals surface area contributed by atoms with Crippen LogP contribution in [0.5, 0.6) is 0 Å². The van der Waals surface area contributed by atoms with E-state index < -0.39 is 5.97 Å². The lowest BCUT2D eigenvalue weighted by atomic mass is 9.92. The molecule has 1 aliphatic rings. The molecule has 1 fully saturated rings. The summed E-state index contributed by atoms with van der Waals surface area (Å²) >= 11 is 0. The first-order valence-corrected chi connectivity index (χ1v) is 9.12. The minimum atomic E-state index is -0.758. The van der Waals surface area contributed by atoms with Crippen LogP contribution in [0.3, 0.4) is 0 Å². The van der Waals surface area contributed by atoms with Gasteiger partial charge in [-0.2, -0.15) is 0 Å². The van der Waals surface area contributed by atoms with Gasteiger partial charge in [0.25, 0.3) is 0 Å². The first kappa shape index (κ1) is 18.3. The van der Waals surface area contributed by atoms with Gasteiger partial charge in [-0.15, -0.1) is 0 Å². The number of allylic oxidation sites excluding steroid dienone is 1. The van der Waals surface area contributed by atoms with Crippen LogP contribution < -0.4 is 0 Å². The molecule has 1 N–H and O–H groups in total. The summed E-state index contributed by atoms with van der Waals surface area (Å²) in [5, 5.41) is 9.05. The fourth-order valence-corrected chi connectivity index (χ4v) is 3.32. The third-order valence-electron chi connectivity index (χ3n) is 4.72. The molecule has 0 aromatic heterocycles. The molecule has 0 aliphatic heterocycles. The van der Waals surface area contributed by atoms with Gasteiger partial charge in [0.15, 0.2) is 0 Å². The lowest BCUT2D eigenvalue weighted by molar-refractivity contribution is -0.132. The number of carboxylic acids is 1. The Balaban J connectivity index is 2.43. The molecule has 0 unspecified atom stereocenters. The largest absolute Gasteiger partial charge is 0.478 e. The fraction of sp³-hybridized carbons (Fsp3) is 0.842. The summed E-state index contributed by atoms with van der Waals surface area (Å²) in [5.74, 6) is -0.280. The molecule has 1 saturated carbocycles. The second-order valence-corrected chi connectivity index (χ2v) is 6.73. The third kappa shape index (κ3) is 9.71. The van der Waals surface area contributed by atoms with E-state index in [9.17, 15) is 4.79 Å². The first-order valence-electron chi connectivity index (χ1n) is 9.12. The van der Waals surface area contributed by atoms with Crippen LogP contribution in [0.2, 0.25) is 0 Å². The van der Waals surface area contributed by atoms with Crippen molar-refractivity contribution in [2.75, 3.05) is 0 Å². The molecule has 21 heavy (non-hydrogen) atoms. The van der Waals surface area contributed by atoms with Gasteiger partial charge in [-0.1, -0.05) is 83.1 Å². The quantitative estimate of drug-likeness (QED) is 0.624. The molecule has 2 heteroatoms. The second kappa shape index (κ2) is 11.8. The highest BCUT2D eigenvalue weighted by atomic mass is 16.4. The zero-order valence-corrected chi connectivity index (χ0v) is 13.9. The number of hydrogen-bond acceptors (Lipinski definition) is 1. The molecule has 2 nitrogen and oxygen atoms in total. The summed E-state index contributed by atoms with van der Waals surface area (Å²) in [4.78, 5) is 11.0. The zero-order chi connectivity index (χ0) is 15.3. The van der Waals surface area contributed by atoms with Gasteiger partial charge in [0.1, 0.15) is 0 Å². The molecule has 1 rings (SSSR count). The van der Waals surface area contributed by atoms with E-state index in [-0.39, 0.29) is 0 Å². The summed E-state index contributed by atoms with van der Waals surface area (Å²) < 4.78 is 0. The van der Waals surface area contributed by atoms with Crippen molar-refractivity contribution in [3.63, 3.8) is 0 Å². The zero-order valence-electron chi connectivity index (χ0n) is 13.9. The van der Waals surface area contributed by atoms with Gasteiger partial charge in [-0.3, -0.25) is 0 Å². The van der Waals surface area contributed by atoms with Crippen molar-refractivity contribution in [1.29, 1.82) is 0 Å². The van der Waals surface area contributed by atoms with Crippen LogP contribution in [0.15, 0.2) is 11.6 Å². The highest BCUT2D eigenvalue weighted by Crippen LogP contribution is 2.22. The van der Waals surface area contributed by atoms with Gasteiger partial charge < -0.3 is 5.11 Å². The predicted octanol–water partition coefficient (Wildman–Crippen LogP) is 6.11. The van der Waals surface area contributed by atoms with Crippen LogP contribution in [0.4, 0.5) is 0 Å². The summed E-state index contributed by atoms with van der Waals surface area (Å²) in [6.45, 7) is 1.73. The molecule has 0 radical (unpaired) electrons. The molecule has 0 atom stereocenters. The highest BCUT2D eigenvalue weighted by molar-refractivity contribution is 5.85. The Morgan fingerprint density at radius 2 is 1.10 bits per heavy atom. The Hall–Kier alpha value is -0.790. The van der Waals surface area contributed by atoms with E-state index in [4.69, 9.17) is 5.11 Å². The third-order valence-corrected chi connectivity index (χ3v) is 4.72. The van der Waals surface area contributed by atoms with Crippen LogP contribution in [0, 0.1) is 5.92 Å². The number of aliphatic carboxylic acids is 1. The summed E-state index contributed by atoms with van der Waals surface area (Å²) in [6.07, 6.45) is 20.6. The van der Waals surface area contributed by atoms with Crippen molar-refractivity contribution < 1.29 is 9.90 Å². The van der Waals surface area contributed by atoms with Crippen LogP contribution in [0.1, 0.15) is 96.8 Å². The standard InChI is InChI=1S/C19H34O2/c1-17(19(20)21)16-18-14-12-10-8-6-4-2-3-5-7-9-11-13-15-18/h16,18H,2-15H2,1H3,(H,20,21). The molecule has 1 aliphatic carbocycles. The van der Waals surface area contributed by atoms with Crippen LogP contribution in [-0.4, -0.2) is 11.1 Å².